The monoisotopic (exact) mass is 400 g/mol. The molecule has 0 aliphatic carbocycles. The molecule has 6 nitrogen and oxygen atoms in total. The Morgan fingerprint density at radius 2 is 1.37 bits per heavy atom. The van der Waals surface area contributed by atoms with Crippen molar-refractivity contribution in [3.63, 3.8) is 0 Å². The van der Waals surface area contributed by atoms with Gasteiger partial charge in [-0.15, -0.1) is 0 Å². The van der Waals surface area contributed by atoms with Crippen molar-refractivity contribution in [2.24, 2.45) is 0 Å². The molecule has 0 unspecified atom stereocenters. The lowest BCUT2D eigenvalue weighted by Crippen LogP contribution is -2.29. The minimum Gasteiger partial charge on any atom is -0.372 e. The molecule has 2 amide bonds. The van der Waals surface area contributed by atoms with Gasteiger partial charge in [-0.1, -0.05) is 6.07 Å². The summed E-state index contributed by atoms with van der Waals surface area (Å²) in [6.45, 7) is 2.18. The third kappa shape index (κ3) is 4.84. The molecular formula is C24H24N4O2. The lowest BCUT2D eigenvalue weighted by Gasteiger charge is -2.28. The van der Waals surface area contributed by atoms with Crippen LogP contribution in [0.15, 0.2) is 72.9 Å². The number of nitrogens with zero attached hydrogens (tertiary/aromatic N) is 2. The number of aromatic nitrogens is 1. The van der Waals surface area contributed by atoms with Crippen molar-refractivity contribution in [1.82, 2.24) is 4.98 Å². The van der Waals surface area contributed by atoms with Gasteiger partial charge in [0.15, 0.2) is 0 Å². The first-order valence-electron chi connectivity index (χ1n) is 10.2. The molecule has 1 aliphatic heterocycles. The Kier molecular flexibility index (Phi) is 6.03. The molecule has 0 spiro atoms. The van der Waals surface area contributed by atoms with E-state index in [0.29, 0.717) is 16.9 Å². The second-order valence-corrected chi connectivity index (χ2v) is 7.30. The van der Waals surface area contributed by atoms with Crippen LogP contribution < -0.4 is 15.5 Å². The molecule has 2 heterocycles. The van der Waals surface area contributed by atoms with Gasteiger partial charge in [-0.3, -0.25) is 14.6 Å². The van der Waals surface area contributed by atoms with E-state index in [1.54, 1.807) is 48.7 Å². The van der Waals surface area contributed by atoms with Crippen molar-refractivity contribution in [2.75, 3.05) is 28.6 Å². The van der Waals surface area contributed by atoms with Crippen molar-refractivity contribution in [3.05, 3.63) is 84.2 Å². The molecule has 0 bridgehead atoms. The minimum atomic E-state index is -0.290. The summed E-state index contributed by atoms with van der Waals surface area (Å²) in [5.74, 6) is -0.482. The van der Waals surface area contributed by atoms with E-state index in [1.807, 2.05) is 12.1 Å². The molecular weight excluding hydrogens is 376 g/mol. The van der Waals surface area contributed by atoms with E-state index < -0.39 is 0 Å². The first kappa shape index (κ1) is 19.6. The van der Waals surface area contributed by atoms with E-state index >= 15 is 0 Å². The van der Waals surface area contributed by atoms with Crippen LogP contribution in [0, 0.1) is 0 Å². The Bertz CT molecular complexity index is 996. The molecule has 2 N–H and O–H groups in total. The first-order chi connectivity index (χ1) is 14.7. The Hall–Kier alpha value is -3.67. The molecule has 1 aliphatic rings. The number of anilines is 3. The van der Waals surface area contributed by atoms with Gasteiger partial charge in [0.05, 0.1) is 0 Å². The fourth-order valence-corrected chi connectivity index (χ4v) is 3.51. The summed E-state index contributed by atoms with van der Waals surface area (Å²) in [5.41, 5.74) is 3.42. The van der Waals surface area contributed by atoms with Crippen LogP contribution in [0.5, 0.6) is 0 Å². The van der Waals surface area contributed by atoms with Gasteiger partial charge in [-0.25, -0.2) is 0 Å². The zero-order valence-electron chi connectivity index (χ0n) is 16.7. The maximum absolute atomic E-state index is 12.5. The van der Waals surface area contributed by atoms with Gasteiger partial charge in [0.25, 0.3) is 11.8 Å². The SMILES string of the molecule is O=C(Nc1ccc(N2CCCCC2)cc1)c1ccc(NC(=O)c2ccccn2)cc1. The third-order valence-corrected chi connectivity index (χ3v) is 5.15. The number of hydrogen-bond donors (Lipinski definition) is 2. The fourth-order valence-electron chi connectivity index (χ4n) is 3.51. The zero-order valence-corrected chi connectivity index (χ0v) is 16.7. The van der Waals surface area contributed by atoms with Crippen LogP contribution in [0.2, 0.25) is 0 Å². The lowest BCUT2D eigenvalue weighted by atomic mass is 10.1. The number of carbonyl (C=O) groups is 2. The zero-order chi connectivity index (χ0) is 20.8. The maximum atomic E-state index is 12.5. The van der Waals surface area contributed by atoms with E-state index in [0.717, 1.165) is 18.8 Å². The van der Waals surface area contributed by atoms with Crippen LogP contribution in [0.3, 0.4) is 0 Å². The predicted molar refractivity (Wildman–Crippen MR) is 119 cm³/mol. The summed E-state index contributed by atoms with van der Waals surface area (Å²) in [5, 5.41) is 5.69. The summed E-state index contributed by atoms with van der Waals surface area (Å²) in [6, 6.07) is 19.9. The Balaban J connectivity index is 1.35. The molecule has 6 heteroatoms. The van der Waals surface area contributed by atoms with Crippen LogP contribution in [0.1, 0.15) is 40.1 Å². The van der Waals surface area contributed by atoms with Crippen molar-refractivity contribution >= 4 is 28.9 Å². The van der Waals surface area contributed by atoms with E-state index in [4.69, 9.17) is 0 Å². The van der Waals surface area contributed by atoms with Gasteiger partial charge in [0.2, 0.25) is 0 Å². The van der Waals surface area contributed by atoms with Crippen LogP contribution in [-0.4, -0.2) is 29.9 Å². The molecule has 30 heavy (non-hydrogen) atoms. The molecule has 0 saturated carbocycles. The number of nitrogens with one attached hydrogen (secondary N) is 2. The number of piperidine rings is 1. The van der Waals surface area contributed by atoms with Crippen LogP contribution >= 0.6 is 0 Å². The molecule has 3 aromatic rings. The Morgan fingerprint density at radius 3 is 2.00 bits per heavy atom. The topological polar surface area (TPSA) is 74.3 Å². The molecule has 4 rings (SSSR count). The van der Waals surface area contributed by atoms with E-state index in [9.17, 15) is 9.59 Å². The van der Waals surface area contributed by atoms with Crippen molar-refractivity contribution in [3.8, 4) is 0 Å². The lowest BCUT2D eigenvalue weighted by molar-refractivity contribution is 0.101. The minimum absolute atomic E-state index is 0.191. The Labute approximate surface area is 175 Å². The highest BCUT2D eigenvalue weighted by molar-refractivity contribution is 6.05. The van der Waals surface area contributed by atoms with Crippen molar-refractivity contribution < 1.29 is 9.59 Å². The first-order valence-corrected chi connectivity index (χ1v) is 10.2. The van der Waals surface area contributed by atoms with Crippen LogP contribution in [-0.2, 0) is 0 Å². The number of pyridine rings is 1. The fraction of sp³-hybridized carbons (Fsp3) is 0.208. The predicted octanol–water partition coefficient (Wildman–Crippen LogP) is 4.58. The second kappa shape index (κ2) is 9.22. The molecule has 0 radical (unpaired) electrons. The maximum Gasteiger partial charge on any atom is 0.274 e. The number of carbonyl (C=O) groups excluding carboxylic acids is 2. The summed E-state index contributed by atoms with van der Waals surface area (Å²) in [4.78, 5) is 31.1. The smallest absolute Gasteiger partial charge is 0.274 e. The quantitative estimate of drug-likeness (QED) is 0.658. The van der Waals surface area contributed by atoms with E-state index in [-0.39, 0.29) is 11.8 Å². The normalized spacial score (nSPS) is 13.5. The number of rotatable bonds is 5. The molecule has 1 saturated heterocycles. The van der Waals surface area contributed by atoms with E-state index in [1.165, 1.54) is 24.9 Å². The average molecular weight is 400 g/mol. The summed E-state index contributed by atoms with van der Waals surface area (Å²) < 4.78 is 0. The second-order valence-electron chi connectivity index (χ2n) is 7.30. The van der Waals surface area contributed by atoms with Gasteiger partial charge < -0.3 is 15.5 Å². The standard InChI is InChI=1S/C24H24N4O2/c29-23(26-20-11-13-21(14-12-20)28-16-4-1-5-17-28)18-7-9-19(10-8-18)27-24(30)22-6-2-3-15-25-22/h2-3,6-15H,1,4-5,16-17H2,(H,26,29)(H,27,30). The van der Waals surface area contributed by atoms with Gasteiger partial charge in [-0.05, 0) is 79.9 Å². The molecule has 0 atom stereocenters. The number of hydrogen-bond acceptors (Lipinski definition) is 4. The van der Waals surface area contributed by atoms with Crippen molar-refractivity contribution in [2.45, 2.75) is 19.3 Å². The summed E-state index contributed by atoms with van der Waals surface area (Å²) >= 11 is 0. The van der Waals surface area contributed by atoms with E-state index in [2.05, 4.69) is 32.7 Å². The summed E-state index contributed by atoms with van der Waals surface area (Å²) in [6.07, 6.45) is 5.34. The van der Waals surface area contributed by atoms with Gasteiger partial charge in [-0.2, -0.15) is 0 Å². The van der Waals surface area contributed by atoms with Crippen LogP contribution in [0.25, 0.3) is 0 Å². The number of amides is 2. The molecule has 1 aromatic heterocycles. The largest absolute Gasteiger partial charge is 0.372 e. The summed E-state index contributed by atoms with van der Waals surface area (Å²) in [7, 11) is 0. The Morgan fingerprint density at radius 1 is 0.733 bits per heavy atom. The van der Waals surface area contributed by atoms with Gasteiger partial charge >= 0.3 is 0 Å². The molecule has 152 valence electrons. The number of benzene rings is 2. The molecule has 2 aromatic carbocycles. The van der Waals surface area contributed by atoms with Gasteiger partial charge in [0, 0.05) is 41.9 Å². The van der Waals surface area contributed by atoms with Crippen molar-refractivity contribution in [1.29, 1.82) is 0 Å². The molecule has 1 fully saturated rings. The highest BCUT2D eigenvalue weighted by Crippen LogP contribution is 2.22. The average Bonchev–Trinajstić information content (AvgIpc) is 2.81. The van der Waals surface area contributed by atoms with Gasteiger partial charge in [0.1, 0.15) is 5.69 Å². The highest BCUT2D eigenvalue weighted by Gasteiger charge is 2.12. The third-order valence-electron chi connectivity index (χ3n) is 5.15. The van der Waals surface area contributed by atoms with Crippen LogP contribution in [0.4, 0.5) is 17.1 Å². The highest BCUT2D eigenvalue weighted by atomic mass is 16.2.